The highest BCUT2D eigenvalue weighted by molar-refractivity contribution is 5.79. The van der Waals surface area contributed by atoms with Crippen LogP contribution in [0.3, 0.4) is 0 Å². The van der Waals surface area contributed by atoms with Crippen molar-refractivity contribution in [2.75, 3.05) is 6.54 Å². The lowest BCUT2D eigenvalue weighted by atomic mass is 9.62. The number of amides is 1. The van der Waals surface area contributed by atoms with Gasteiger partial charge in [-0.3, -0.25) is 14.3 Å². The molecule has 1 saturated carbocycles. The summed E-state index contributed by atoms with van der Waals surface area (Å²) in [7, 11) is 0. The molecule has 2 aliphatic rings. The fourth-order valence-corrected chi connectivity index (χ4v) is 4.69. The Morgan fingerprint density at radius 3 is 2.62 bits per heavy atom. The molecule has 2 aromatic rings. The molecule has 0 spiro atoms. The summed E-state index contributed by atoms with van der Waals surface area (Å²) < 4.78 is 15.1. The molecule has 1 aliphatic carbocycles. The van der Waals surface area contributed by atoms with E-state index in [2.05, 4.69) is 5.10 Å². The fraction of sp³-hybridized carbons (Fsp3) is 0.500. The van der Waals surface area contributed by atoms with Gasteiger partial charge in [-0.1, -0.05) is 12.1 Å². The van der Waals surface area contributed by atoms with Crippen LogP contribution in [0.1, 0.15) is 48.7 Å². The lowest BCUT2D eigenvalue weighted by Gasteiger charge is -2.42. The van der Waals surface area contributed by atoms with Crippen LogP contribution in [0, 0.1) is 24.1 Å². The van der Waals surface area contributed by atoms with E-state index in [-0.39, 0.29) is 17.6 Å². The van der Waals surface area contributed by atoms with Crippen LogP contribution in [0.2, 0.25) is 0 Å². The fourth-order valence-electron chi connectivity index (χ4n) is 4.69. The molecule has 0 saturated heterocycles. The quantitative estimate of drug-likeness (QED) is 0.838. The van der Waals surface area contributed by atoms with Gasteiger partial charge in [-0.15, -0.1) is 0 Å². The molecule has 6 nitrogen and oxygen atoms in total. The van der Waals surface area contributed by atoms with E-state index >= 15 is 0 Å². The maximum absolute atomic E-state index is 13.2. The molecule has 29 heavy (non-hydrogen) atoms. The van der Waals surface area contributed by atoms with Crippen LogP contribution < -0.4 is 0 Å². The second-order valence-corrected chi connectivity index (χ2v) is 8.70. The van der Waals surface area contributed by atoms with Gasteiger partial charge < -0.3 is 10.0 Å². The second-order valence-electron chi connectivity index (χ2n) is 8.70. The molecule has 4 rings (SSSR count). The Morgan fingerprint density at radius 2 is 1.97 bits per heavy atom. The Morgan fingerprint density at radius 1 is 1.28 bits per heavy atom. The summed E-state index contributed by atoms with van der Waals surface area (Å²) in [4.78, 5) is 25.9. The number of aryl methyl sites for hydroxylation is 1. The van der Waals surface area contributed by atoms with Crippen molar-refractivity contribution in [3.63, 3.8) is 0 Å². The van der Waals surface area contributed by atoms with Crippen molar-refractivity contribution in [3.8, 4) is 0 Å². The van der Waals surface area contributed by atoms with E-state index in [4.69, 9.17) is 0 Å². The summed E-state index contributed by atoms with van der Waals surface area (Å²) in [6, 6.07) is 6.38. The lowest BCUT2D eigenvalue weighted by molar-refractivity contribution is -0.158. The van der Waals surface area contributed by atoms with E-state index in [1.54, 1.807) is 19.1 Å². The maximum Gasteiger partial charge on any atom is 0.309 e. The molecular formula is C22H26FN3O3. The predicted molar refractivity (Wildman–Crippen MR) is 105 cm³/mol. The molecule has 1 fully saturated rings. The van der Waals surface area contributed by atoms with Gasteiger partial charge in [-0.25, -0.2) is 4.39 Å². The van der Waals surface area contributed by atoms with Crippen LogP contribution in [0.4, 0.5) is 4.39 Å². The molecule has 1 N–H and O–H groups in total. The first kappa shape index (κ1) is 19.6. The van der Waals surface area contributed by atoms with Gasteiger partial charge in [-0.2, -0.15) is 5.10 Å². The summed E-state index contributed by atoms with van der Waals surface area (Å²) in [5.74, 6) is -0.806. The first-order valence-corrected chi connectivity index (χ1v) is 10.1. The molecule has 154 valence electrons. The topological polar surface area (TPSA) is 75.4 Å². The number of aromatic nitrogens is 2. The minimum absolute atomic E-state index is 0.0836. The molecule has 1 aromatic heterocycles. The lowest BCUT2D eigenvalue weighted by Crippen LogP contribution is -2.44. The Bertz CT molecular complexity index is 945. The van der Waals surface area contributed by atoms with Crippen molar-refractivity contribution < 1.29 is 19.1 Å². The molecule has 0 atom stereocenters. The van der Waals surface area contributed by atoms with E-state index in [1.807, 2.05) is 16.5 Å². The highest BCUT2D eigenvalue weighted by Crippen LogP contribution is 2.47. The monoisotopic (exact) mass is 399 g/mol. The summed E-state index contributed by atoms with van der Waals surface area (Å²) in [5, 5.41) is 13.9. The van der Waals surface area contributed by atoms with Crippen LogP contribution >= 0.6 is 0 Å². The van der Waals surface area contributed by atoms with Crippen molar-refractivity contribution in [1.29, 1.82) is 0 Å². The number of halogens is 1. The van der Waals surface area contributed by atoms with Gasteiger partial charge in [0, 0.05) is 13.0 Å². The van der Waals surface area contributed by atoms with E-state index in [9.17, 15) is 19.1 Å². The number of benzene rings is 1. The minimum Gasteiger partial charge on any atom is -0.481 e. The van der Waals surface area contributed by atoms with Crippen molar-refractivity contribution in [3.05, 3.63) is 52.6 Å². The van der Waals surface area contributed by atoms with Crippen LogP contribution in [-0.4, -0.2) is 38.2 Å². The first-order chi connectivity index (χ1) is 13.7. The van der Waals surface area contributed by atoms with Crippen molar-refractivity contribution in [2.45, 2.75) is 52.6 Å². The summed E-state index contributed by atoms with van der Waals surface area (Å²) in [6.07, 6.45) is 2.31. The number of nitrogens with zero attached hydrogens (tertiary/aromatic N) is 3. The Labute approximate surface area is 169 Å². The summed E-state index contributed by atoms with van der Waals surface area (Å²) in [5.41, 5.74) is 3.49. The van der Waals surface area contributed by atoms with Gasteiger partial charge >= 0.3 is 5.97 Å². The van der Waals surface area contributed by atoms with Gasteiger partial charge in [0.25, 0.3) is 0 Å². The average Bonchev–Trinajstić information content (AvgIpc) is 2.97. The van der Waals surface area contributed by atoms with Gasteiger partial charge in [0.2, 0.25) is 5.91 Å². The molecule has 0 radical (unpaired) electrons. The normalized spacial score (nSPS) is 23.4. The Kier molecular flexibility index (Phi) is 4.92. The number of aliphatic carboxylic acids is 1. The molecule has 1 aliphatic heterocycles. The average molecular weight is 399 g/mol. The van der Waals surface area contributed by atoms with Crippen LogP contribution in [0.15, 0.2) is 24.3 Å². The number of hydrogen-bond acceptors (Lipinski definition) is 3. The molecule has 0 bridgehead atoms. The van der Waals surface area contributed by atoms with Crippen molar-refractivity contribution in [1.82, 2.24) is 14.7 Å². The number of carbonyl (C=O) groups excluding carboxylic acids is 1. The third-order valence-corrected chi connectivity index (χ3v) is 6.40. The number of rotatable bonds is 5. The maximum atomic E-state index is 13.2. The Hall–Kier alpha value is -2.70. The Balaban J connectivity index is 1.43. The summed E-state index contributed by atoms with van der Waals surface area (Å²) >= 11 is 0. The molecular weight excluding hydrogens is 373 g/mol. The van der Waals surface area contributed by atoms with Crippen LogP contribution in [0.5, 0.6) is 0 Å². The first-order valence-electron chi connectivity index (χ1n) is 10.1. The standard InChI is InChI=1S/C22H26FN3O3/c1-14-18-7-8-25(20(27)9-16-10-22(2,11-16)21(28)29)13-19(18)26(24-14)12-15-3-5-17(23)6-4-15/h3-6,16H,7-13H2,1-2H3,(H,28,29)/t16-,22+. The number of carbonyl (C=O) groups is 2. The van der Waals surface area contributed by atoms with E-state index in [0.29, 0.717) is 38.9 Å². The minimum atomic E-state index is -0.774. The van der Waals surface area contributed by atoms with Gasteiger partial charge in [0.05, 0.1) is 29.9 Å². The molecule has 0 unspecified atom stereocenters. The van der Waals surface area contributed by atoms with Gasteiger partial charge in [0.15, 0.2) is 0 Å². The van der Waals surface area contributed by atoms with Gasteiger partial charge in [-0.05, 0) is 62.3 Å². The zero-order chi connectivity index (χ0) is 20.8. The van der Waals surface area contributed by atoms with Crippen LogP contribution in [0.25, 0.3) is 0 Å². The molecule has 1 aromatic carbocycles. The number of hydrogen-bond donors (Lipinski definition) is 1. The SMILES string of the molecule is Cc1nn(Cc2ccc(F)cc2)c2c1CCN(C(=O)C[C@H]1C[C@@](C)(C(=O)O)C1)C2. The largest absolute Gasteiger partial charge is 0.481 e. The predicted octanol–water partition coefficient (Wildman–Crippen LogP) is 3.15. The third kappa shape index (κ3) is 3.78. The summed E-state index contributed by atoms with van der Waals surface area (Å²) in [6.45, 7) is 5.45. The highest BCUT2D eigenvalue weighted by atomic mass is 19.1. The zero-order valence-electron chi connectivity index (χ0n) is 16.8. The second kappa shape index (κ2) is 7.28. The number of carboxylic acid groups (broad SMARTS) is 1. The van der Waals surface area contributed by atoms with Crippen molar-refractivity contribution >= 4 is 11.9 Å². The number of fused-ring (bicyclic) bond motifs is 1. The molecule has 2 heterocycles. The third-order valence-electron chi connectivity index (χ3n) is 6.40. The van der Waals surface area contributed by atoms with E-state index in [1.165, 1.54) is 17.7 Å². The van der Waals surface area contributed by atoms with E-state index < -0.39 is 11.4 Å². The van der Waals surface area contributed by atoms with Gasteiger partial charge in [0.1, 0.15) is 5.82 Å². The molecule has 1 amide bonds. The smallest absolute Gasteiger partial charge is 0.309 e. The zero-order valence-corrected chi connectivity index (χ0v) is 16.8. The highest BCUT2D eigenvalue weighted by Gasteiger charge is 2.47. The van der Waals surface area contributed by atoms with E-state index in [0.717, 1.165) is 23.4 Å². The number of carboxylic acids is 1. The van der Waals surface area contributed by atoms with Crippen LogP contribution in [-0.2, 0) is 29.1 Å². The molecule has 7 heteroatoms. The van der Waals surface area contributed by atoms with Crippen molar-refractivity contribution in [2.24, 2.45) is 11.3 Å².